The van der Waals surface area contributed by atoms with Crippen molar-refractivity contribution < 1.29 is 9.53 Å². The average molecular weight is 260 g/mol. The van der Waals surface area contributed by atoms with E-state index in [9.17, 15) is 4.79 Å². The van der Waals surface area contributed by atoms with E-state index >= 15 is 0 Å². The molecule has 4 heteroatoms. The highest BCUT2D eigenvalue weighted by atomic mass is 79.9. The number of amides is 1. The van der Waals surface area contributed by atoms with Gasteiger partial charge in [0.25, 0.3) is 0 Å². The number of ether oxygens (including phenoxy) is 1. The maximum absolute atomic E-state index is 11.5. The van der Waals surface area contributed by atoms with Gasteiger partial charge in [-0.2, -0.15) is 0 Å². The third-order valence-electron chi connectivity index (χ3n) is 1.52. The van der Waals surface area contributed by atoms with Crippen LogP contribution in [-0.4, -0.2) is 23.1 Å². The van der Waals surface area contributed by atoms with Gasteiger partial charge in [0.05, 0.1) is 0 Å². The van der Waals surface area contributed by atoms with Gasteiger partial charge in [-0.15, -0.1) is 0 Å². The Labute approximate surface area is 92.5 Å². The molecule has 0 radical (unpaired) electrons. The van der Waals surface area contributed by atoms with Crippen LogP contribution in [0.25, 0.3) is 0 Å². The number of hydrogen-bond donors (Lipinski definition) is 0. The Bertz CT molecular complexity index is 289. The zero-order valence-electron chi connectivity index (χ0n) is 8.58. The van der Waals surface area contributed by atoms with Crippen LogP contribution in [0.4, 0.5) is 4.79 Å². The molecule has 0 saturated carbocycles. The van der Waals surface area contributed by atoms with Crippen molar-refractivity contribution in [2.75, 3.05) is 6.54 Å². The van der Waals surface area contributed by atoms with Crippen molar-refractivity contribution in [1.82, 2.24) is 4.90 Å². The molecule has 78 valence electrons. The van der Waals surface area contributed by atoms with Gasteiger partial charge in [0.2, 0.25) is 0 Å². The quantitative estimate of drug-likeness (QED) is 0.670. The summed E-state index contributed by atoms with van der Waals surface area (Å²) in [5.41, 5.74) is -0.441. The van der Waals surface area contributed by atoms with Crippen LogP contribution in [0.15, 0.2) is 22.8 Å². The fraction of sp³-hybridized carbons (Fsp3) is 0.500. The van der Waals surface area contributed by atoms with E-state index in [-0.39, 0.29) is 6.09 Å². The molecule has 1 amide bonds. The van der Waals surface area contributed by atoms with Crippen LogP contribution in [0, 0.1) is 0 Å². The Kier molecular flexibility index (Phi) is 3.37. The number of carbonyl (C=O) groups is 1. The summed E-state index contributed by atoms with van der Waals surface area (Å²) in [5, 5.41) is 0. The molecule has 3 nitrogen and oxygen atoms in total. The molecule has 0 N–H and O–H groups in total. The predicted molar refractivity (Wildman–Crippen MR) is 59.1 cm³/mol. The van der Waals surface area contributed by atoms with Crippen LogP contribution in [0.3, 0.4) is 0 Å². The maximum atomic E-state index is 11.5. The monoisotopic (exact) mass is 259 g/mol. The second-order valence-electron chi connectivity index (χ2n) is 4.04. The number of nitrogens with zero attached hydrogens (tertiary/aromatic N) is 1. The van der Waals surface area contributed by atoms with E-state index < -0.39 is 5.60 Å². The normalized spacial score (nSPS) is 16.6. The van der Waals surface area contributed by atoms with Gasteiger partial charge in [-0.3, -0.25) is 4.90 Å². The number of halogens is 1. The molecule has 14 heavy (non-hydrogen) atoms. The zero-order chi connectivity index (χ0) is 10.8. The Balaban J connectivity index is 2.53. The van der Waals surface area contributed by atoms with Crippen molar-refractivity contribution in [2.45, 2.75) is 26.4 Å². The third kappa shape index (κ3) is 3.54. The maximum Gasteiger partial charge on any atom is 0.414 e. The molecule has 0 aliphatic carbocycles. The van der Waals surface area contributed by atoms with Crippen molar-refractivity contribution >= 4 is 22.0 Å². The Morgan fingerprint density at radius 3 is 2.64 bits per heavy atom. The molecule has 1 aliphatic heterocycles. The summed E-state index contributed by atoms with van der Waals surface area (Å²) in [7, 11) is 0. The second-order valence-corrected chi connectivity index (χ2v) is 4.95. The Morgan fingerprint density at radius 1 is 1.57 bits per heavy atom. The molecule has 1 heterocycles. The molecule has 1 aliphatic rings. The molecule has 0 saturated heterocycles. The first-order valence-electron chi connectivity index (χ1n) is 4.42. The van der Waals surface area contributed by atoms with Gasteiger partial charge in [-0.1, -0.05) is 22.0 Å². The minimum atomic E-state index is -0.441. The highest BCUT2D eigenvalue weighted by molar-refractivity contribution is 9.11. The van der Waals surface area contributed by atoms with E-state index in [4.69, 9.17) is 4.74 Å². The van der Waals surface area contributed by atoms with Crippen molar-refractivity contribution in [1.29, 1.82) is 0 Å². The molecule has 0 aromatic carbocycles. The number of hydrogen-bond acceptors (Lipinski definition) is 2. The van der Waals surface area contributed by atoms with Crippen LogP contribution in [0.2, 0.25) is 0 Å². The van der Waals surface area contributed by atoms with E-state index in [1.54, 1.807) is 6.20 Å². The highest BCUT2D eigenvalue weighted by Crippen LogP contribution is 2.15. The van der Waals surface area contributed by atoms with Crippen molar-refractivity contribution in [3.05, 3.63) is 22.8 Å². The third-order valence-corrected chi connectivity index (χ3v) is 2.11. The number of rotatable bonds is 0. The summed E-state index contributed by atoms with van der Waals surface area (Å²) in [5.74, 6) is 0. The minimum Gasteiger partial charge on any atom is -0.443 e. The van der Waals surface area contributed by atoms with Gasteiger partial charge in [0.15, 0.2) is 0 Å². The first-order chi connectivity index (χ1) is 6.38. The fourth-order valence-electron chi connectivity index (χ4n) is 0.932. The molecular weight excluding hydrogens is 246 g/mol. The van der Waals surface area contributed by atoms with Crippen LogP contribution >= 0.6 is 15.9 Å². The van der Waals surface area contributed by atoms with Crippen LogP contribution in [0.1, 0.15) is 20.8 Å². The van der Waals surface area contributed by atoms with Crippen LogP contribution in [0.5, 0.6) is 0 Å². The van der Waals surface area contributed by atoms with Crippen LogP contribution < -0.4 is 0 Å². The first kappa shape index (κ1) is 11.3. The topological polar surface area (TPSA) is 29.5 Å². The fourth-order valence-corrected chi connectivity index (χ4v) is 1.19. The smallest absolute Gasteiger partial charge is 0.414 e. The van der Waals surface area contributed by atoms with Gasteiger partial charge in [0.1, 0.15) is 5.60 Å². The summed E-state index contributed by atoms with van der Waals surface area (Å²) < 4.78 is 6.19. The van der Waals surface area contributed by atoms with Gasteiger partial charge >= 0.3 is 6.09 Å². The summed E-state index contributed by atoms with van der Waals surface area (Å²) in [6.45, 7) is 6.10. The largest absolute Gasteiger partial charge is 0.443 e. The van der Waals surface area contributed by atoms with E-state index in [0.717, 1.165) is 4.48 Å². The predicted octanol–water partition coefficient (Wildman–Crippen LogP) is 3.03. The zero-order valence-corrected chi connectivity index (χ0v) is 10.2. The molecule has 1 rings (SSSR count). The lowest BCUT2D eigenvalue weighted by Gasteiger charge is -2.25. The van der Waals surface area contributed by atoms with E-state index in [1.165, 1.54) is 4.90 Å². The van der Waals surface area contributed by atoms with E-state index in [1.807, 2.05) is 32.9 Å². The standard InChI is InChI=1S/C10H14BrNO2/c1-10(2,3)14-9(13)12-6-4-8(11)5-7-12/h4-6H,7H2,1-3H3. The average Bonchev–Trinajstić information content (AvgIpc) is 2.02. The summed E-state index contributed by atoms with van der Waals surface area (Å²) in [4.78, 5) is 13.1. The minimum absolute atomic E-state index is 0.315. The lowest BCUT2D eigenvalue weighted by Crippen LogP contribution is -2.34. The van der Waals surface area contributed by atoms with E-state index in [2.05, 4.69) is 15.9 Å². The number of carbonyl (C=O) groups excluding carboxylic acids is 1. The van der Waals surface area contributed by atoms with Gasteiger partial charge in [-0.25, -0.2) is 4.79 Å². The van der Waals surface area contributed by atoms with Gasteiger partial charge in [0, 0.05) is 17.2 Å². The van der Waals surface area contributed by atoms with Crippen molar-refractivity contribution in [2.24, 2.45) is 0 Å². The second kappa shape index (κ2) is 4.17. The lowest BCUT2D eigenvalue weighted by atomic mass is 10.2. The van der Waals surface area contributed by atoms with Crippen molar-refractivity contribution in [3.63, 3.8) is 0 Å². The Hall–Kier alpha value is -0.770. The lowest BCUT2D eigenvalue weighted by molar-refractivity contribution is 0.0350. The number of allylic oxidation sites excluding steroid dienone is 2. The van der Waals surface area contributed by atoms with E-state index in [0.29, 0.717) is 6.54 Å². The van der Waals surface area contributed by atoms with Crippen LogP contribution in [-0.2, 0) is 4.74 Å². The molecule has 0 spiro atoms. The molecule has 0 aromatic heterocycles. The molecular formula is C10H14BrNO2. The molecule has 0 atom stereocenters. The summed E-state index contributed by atoms with van der Waals surface area (Å²) >= 11 is 3.32. The highest BCUT2D eigenvalue weighted by Gasteiger charge is 2.20. The summed E-state index contributed by atoms with van der Waals surface area (Å²) in [6.07, 6.45) is 5.11. The van der Waals surface area contributed by atoms with Gasteiger partial charge in [-0.05, 0) is 26.8 Å². The molecule has 0 unspecified atom stereocenters. The molecule has 0 bridgehead atoms. The molecule has 0 aromatic rings. The van der Waals surface area contributed by atoms with Crippen molar-refractivity contribution in [3.8, 4) is 0 Å². The molecule has 0 fully saturated rings. The SMILES string of the molecule is CC(C)(C)OC(=O)N1C=CC(Br)=CC1. The Morgan fingerprint density at radius 2 is 2.21 bits per heavy atom. The summed E-state index contributed by atoms with van der Waals surface area (Å²) in [6, 6.07) is 0. The van der Waals surface area contributed by atoms with Gasteiger partial charge < -0.3 is 4.74 Å². The first-order valence-corrected chi connectivity index (χ1v) is 5.21.